The summed E-state index contributed by atoms with van der Waals surface area (Å²) in [5.74, 6) is 0. The number of amides is 2. The number of nitrogens with zero attached hydrogens (tertiary/aromatic N) is 1. The van der Waals surface area contributed by atoms with E-state index < -0.39 is 0 Å². The van der Waals surface area contributed by atoms with Crippen molar-refractivity contribution in [1.82, 2.24) is 15.5 Å². The lowest BCUT2D eigenvalue weighted by Gasteiger charge is -2.39. The van der Waals surface area contributed by atoms with E-state index in [2.05, 4.69) is 43.4 Å². The van der Waals surface area contributed by atoms with Gasteiger partial charge in [-0.2, -0.15) is 0 Å². The molecule has 1 aliphatic rings. The Morgan fingerprint density at radius 2 is 2.00 bits per heavy atom. The third-order valence-electron chi connectivity index (χ3n) is 3.98. The first-order valence-corrected chi connectivity index (χ1v) is 7.19. The number of carbonyl (C=O) groups excluding carboxylic acids is 1. The molecule has 1 aliphatic carbocycles. The van der Waals surface area contributed by atoms with Crippen LogP contribution in [0.2, 0.25) is 0 Å². The van der Waals surface area contributed by atoms with E-state index >= 15 is 0 Å². The fourth-order valence-corrected chi connectivity index (χ4v) is 2.10. The molecule has 0 heterocycles. The second-order valence-electron chi connectivity index (χ2n) is 6.08. The van der Waals surface area contributed by atoms with Crippen molar-refractivity contribution in [2.75, 3.05) is 20.1 Å². The van der Waals surface area contributed by atoms with Crippen LogP contribution in [0.15, 0.2) is 0 Å². The molecule has 4 nitrogen and oxygen atoms in total. The molecule has 1 saturated carbocycles. The highest BCUT2D eigenvalue weighted by molar-refractivity contribution is 5.74. The summed E-state index contributed by atoms with van der Waals surface area (Å²) in [6, 6.07) is 0.592. The molecule has 2 N–H and O–H groups in total. The summed E-state index contributed by atoms with van der Waals surface area (Å²) < 4.78 is 0. The fraction of sp³-hybridized carbons (Fsp3) is 0.929. The van der Waals surface area contributed by atoms with Crippen molar-refractivity contribution in [3.8, 4) is 0 Å². The predicted molar refractivity (Wildman–Crippen MR) is 75.8 cm³/mol. The van der Waals surface area contributed by atoms with Gasteiger partial charge in [0.2, 0.25) is 0 Å². The topological polar surface area (TPSA) is 44.4 Å². The van der Waals surface area contributed by atoms with Crippen LogP contribution in [0.3, 0.4) is 0 Å². The summed E-state index contributed by atoms with van der Waals surface area (Å²) in [6.45, 7) is 8.39. The minimum atomic E-state index is -0.00517. The largest absolute Gasteiger partial charge is 0.338 e. The van der Waals surface area contributed by atoms with Gasteiger partial charge in [0.15, 0.2) is 0 Å². The molecule has 106 valence electrons. The lowest BCUT2D eigenvalue weighted by Crippen LogP contribution is -2.54. The van der Waals surface area contributed by atoms with Crippen molar-refractivity contribution in [2.45, 2.75) is 64.5 Å². The van der Waals surface area contributed by atoms with Gasteiger partial charge in [0.1, 0.15) is 0 Å². The van der Waals surface area contributed by atoms with E-state index in [1.54, 1.807) is 0 Å². The van der Waals surface area contributed by atoms with Crippen LogP contribution in [-0.4, -0.2) is 42.6 Å². The van der Waals surface area contributed by atoms with E-state index in [9.17, 15) is 4.79 Å². The molecule has 0 aromatic rings. The van der Waals surface area contributed by atoms with E-state index in [1.807, 2.05) is 0 Å². The van der Waals surface area contributed by atoms with E-state index in [1.165, 1.54) is 6.42 Å². The number of carbonyl (C=O) groups is 1. The van der Waals surface area contributed by atoms with Crippen LogP contribution in [-0.2, 0) is 0 Å². The molecule has 0 atom stereocenters. The third kappa shape index (κ3) is 5.25. The molecular formula is C14H29N3O. The lowest BCUT2D eigenvalue weighted by atomic mass is 9.79. The average molecular weight is 255 g/mol. The maximum absolute atomic E-state index is 11.6. The van der Waals surface area contributed by atoms with Gasteiger partial charge in [-0.15, -0.1) is 0 Å². The smallest absolute Gasteiger partial charge is 0.315 e. The zero-order valence-electron chi connectivity index (χ0n) is 12.4. The van der Waals surface area contributed by atoms with Crippen LogP contribution in [0.25, 0.3) is 0 Å². The van der Waals surface area contributed by atoms with Crippen LogP contribution >= 0.6 is 0 Å². The van der Waals surface area contributed by atoms with Crippen molar-refractivity contribution in [3.05, 3.63) is 0 Å². The highest BCUT2D eigenvalue weighted by atomic mass is 16.2. The monoisotopic (exact) mass is 255 g/mol. The normalized spacial score (nSPS) is 17.7. The Morgan fingerprint density at radius 1 is 1.33 bits per heavy atom. The van der Waals surface area contributed by atoms with Gasteiger partial charge in [-0.05, 0) is 66.5 Å². The molecule has 0 bridgehead atoms. The van der Waals surface area contributed by atoms with Crippen LogP contribution in [0.4, 0.5) is 4.79 Å². The van der Waals surface area contributed by atoms with Gasteiger partial charge in [-0.1, -0.05) is 0 Å². The Balaban J connectivity index is 1.99. The van der Waals surface area contributed by atoms with Crippen molar-refractivity contribution in [2.24, 2.45) is 0 Å². The van der Waals surface area contributed by atoms with Gasteiger partial charge in [0.25, 0.3) is 0 Å². The van der Waals surface area contributed by atoms with Crippen molar-refractivity contribution < 1.29 is 4.79 Å². The standard InChI is InChI=1S/C14H29N3O/c1-12(2)17(4)11-6-5-10-15-13(18)16-14(3)8-7-9-14/h12H,5-11H2,1-4H3,(H2,15,16,18). The zero-order valence-corrected chi connectivity index (χ0v) is 12.4. The molecule has 0 aromatic carbocycles. The molecular weight excluding hydrogens is 226 g/mol. The highest BCUT2D eigenvalue weighted by Crippen LogP contribution is 2.30. The number of rotatable bonds is 7. The molecule has 0 saturated heterocycles. The van der Waals surface area contributed by atoms with Crippen molar-refractivity contribution >= 4 is 6.03 Å². The Hall–Kier alpha value is -0.770. The van der Waals surface area contributed by atoms with Gasteiger partial charge in [-0.25, -0.2) is 4.79 Å². The Morgan fingerprint density at radius 3 is 2.50 bits per heavy atom. The average Bonchev–Trinajstić information content (AvgIpc) is 2.26. The zero-order chi connectivity index (χ0) is 13.6. The van der Waals surface area contributed by atoms with Crippen LogP contribution < -0.4 is 10.6 Å². The van der Waals surface area contributed by atoms with Gasteiger partial charge < -0.3 is 15.5 Å². The van der Waals surface area contributed by atoms with Crippen LogP contribution in [0.1, 0.15) is 52.9 Å². The summed E-state index contributed by atoms with van der Waals surface area (Å²) in [5, 5.41) is 5.99. The Bertz CT molecular complexity index is 262. The third-order valence-corrected chi connectivity index (χ3v) is 3.98. The first-order chi connectivity index (χ1) is 8.43. The minimum Gasteiger partial charge on any atom is -0.338 e. The van der Waals surface area contributed by atoms with E-state index in [-0.39, 0.29) is 11.6 Å². The lowest BCUT2D eigenvalue weighted by molar-refractivity contribution is 0.191. The summed E-state index contributed by atoms with van der Waals surface area (Å²) in [6.07, 6.45) is 5.63. The van der Waals surface area contributed by atoms with Gasteiger partial charge in [0, 0.05) is 18.1 Å². The summed E-state index contributed by atoms with van der Waals surface area (Å²) >= 11 is 0. The van der Waals surface area contributed by atoms with E-state index in [0.29, 0.717) is 6.04 Å². The molecule has 0 radical (unpaired) electrons. The molecule has 18 heavy (non-hydrogen) atoms. The Kier molecular flexibility index (Phi) is 5.93. The fourth-order valence-electron chi connectivity index (χ4n) is 2.10. The van der Waals surface area contributed by atoms with Crippen molar-refractivity contribution in [1.29, 1.82) is 0 Å². The second-order valence-corrected chi connectivity index (χ2v) is 6.08. The maximum Gasteiger partial charge on any atom is 0.315 e. The molecule has 0 aromatic heterocycles. The highest BCUT2D eigenvalue weighted by Gasteiger charge is 2.32. The van der Waals surface area contributed by atoms with Crippen LogP contribution in [0, 0.1) is 0 Å². The number of unbranched alkanes of at least 4 members (excludes halogenated alkanes) is 1. The molecule has 1 fully saturated rings. The van der Waals surface area contributed by atoms with Crippen molar-refractivity contribution in [3.63, 3.8) is 0 Å². The van der Waals surface area contributed by atoms with E-state index in [0.717, 1.165) is 38.8 Å². The summed E-state index contributed by atoms with van der Waals surface area (Å²) in [5.41, 5.74) is 0.0575. The number of hydrogen-bond acceptors (Lipinski definition) is 2. The number of urea groups is 1. The maximum atomic E-state index is 11.6. The summed E-state index contributed by atoms with van der Waals surface area (Å²) in [7, 11) is 2.14. The minimum absolute atomic E-state index is 0.00517. The van der Waals surface area contributed by atoms with Gasteiger partial charge in [-0.3, -0.25) is 0 Å². The Labute approximate surface area is 111 Å². The van der Waals surface area contributed by atoms with Crippen LogP contribution in [0.5, 0.6) is 0 Å². The number of nitrogens with one attached hydrogen (secondary N) is 2. The molecule has 2 amide bonds. The van der Waals surface area contributed by atoms with Gasteiger partial charge in [0.05, 0.1) is 0 Å². The molecule has 0 aliphatic heterocycles. The number of hydrogen-bond donors (Lipinski definition) is 2. The molecule has 4 heteroatoms. The summed E-state index contributed by atoms with van der Waals surface area (Å²) in [4.78, 5) is 14.0. The van der Waals surface area contributed by atoms with E-state index in [4.69, 9.17) is 0 Å². The SMILES string of the molecule is CC(C)N(C)CCCCNC(=O)NC1(C)CCC1. The predicted octanol–water partition coefficient (Wildman–Crippen LogP) is 2.35. The molecule has 0 unspecified atom stereocenters. The molecule has 1 rings (SSSR count). The van der Waals surface area contributed by atoms with Gasteiger partial charge >= 0.3 is 6.03 Å². The first kappa shape index (κ1) is 15.3. The second kappa shape index (κ2) is 6.98. The molecule has 0 spiro atoms. The quantitative estimate of drug-likeness (QED) is 0.686. The first-order valence-electron chi connectivity index (χ1n) is 7.19.